The van der Waals surface area contributed by atoms with Crippen molar-refractivity contribution in [1.82, 2.24) is 24.9 Å². The number of nitrogens with one attached hydrogen (secondary N) is 1. The highest BCUT2D eigenvalue weighted by Crippen LogP contribution is 2.27. The van der Waals surface area contributed by atoms with Crippen LogP contribution < -0.4 is 5.32 Å². The highest BCUT2D eigenvalue weighted by Gasteiger charge is 2.41. The van der Waals surface area contributed by atoms with Crippen molar-refractivity contribution in [1.29, 1.82) is 0 Å². The first-order valence-corrected chi connectivity index (χ1v) is 15.9. The Morgan fingerprint density at radius 2 is 1.55 bits per heavy atom. The molecule has 0 saturated carbocycles. The van der Waals surface area contributed by atoms with Crippen LogP contribution in [0.25, 0.3) is 0 Å². The second-order valence-electron chi connectivity index (χ2n) is 14.1. The van der Waals surface area contributed by atoms with Gasteiger partial charge in [0.2, 0.25) is 23.6 Å². The molecule has 4 atom stereocenters. The lowest BCUT2D eigenvalue weighted by Crippen LogP contribution is -2.60. The van der Waals surface area contributed by atoms with Crippen LogP contribution >= 0.6 is 0 Å². The fourth-order valence-corrected chi connectivity index (χ4v) is 6.53. The molecule has 3 unspecified atom stereocenters. The maximum atomic E-state index is 14.1. The largest absolute Gasteiger partial charge is 0.342 e. The number of hydrogen-bond donors (Lipinski definition) is 1. The van der Waals surface area contributed by atoms with Gasteiger partial charge in [0, 0.05) is 38.3 Å². The van der Waals surface area contributed by atoms with E-state index in [0.717, 1.165) is 32.2 Å². The van der Waals surface area contributed by atoms with Gasteiger partial charge in [-0.15, -0.1) is 0 Å². The van der Waals surface area contributed by atoms with Crippen LogP contribution in [0.15, 0.2) is 23.8 Å². The first-order chi connectivity index (χ1) is 19.6. The van der Waals surface area contributed by atoms with E-state index in [1.807, 2.05) is 52.8 Å². The quantitative estimate of drug-likeness (QED) is 0.330. The zero-order valence-corrected chi connectivity index (χ0v) is 27.5. The average molecular weight is 586 g/mol. The van der Waals surface area contributed by atoms with Crippen molar-refractivity contribution in [2.45, 2.75) is 118 Å². The molecule has 0 bridgehead atoms. The molecule has 0 aromatic rings. The Morgan fingerprint density at radius 3 is 2.12 bits per heavy atom. The van der Waals surface area contributed by atoms with Gasteiger partial charge in [0.15, 0.2) is 0 Å². The van der Waals surface area contributed by atoms with Gasteiger partial charge in [-0.3, -0.25) is 24.1 Å². The molecule has 3 rings (SSSR count). The number of carbonyl (C=O) groups excluding carboxylic acids is 4. The van der Waals surface area contributed by atoms with E-state index >= 15 is 0 Å². The number of piperidine rings is 1. The van der Waals surface area contributed by atoms with Crippen molar-refractivity contribution in [2.75, 3.05) is 33.2 Å². The first-order valence-electron chi connectivity index (χ1n) is 15.9. The van der Waals surface area contributed by atoms with E-state index in [9.17, 15) is 19.2 Å². The van der Waals surface area contributed by atoms with Crippen LogP contribution in [0.3, 0.4) is 0 Å². The van der Waals surface area contributed by atoms with Crippen LogP contribution in [0.4, 0.5) is 0 Å². The van der Waals surface area contributed by atoms with E-state index in [2.05, 4.69) is 24.1 Å². The molecule has 1 N–H and O–H groups in total. The van der Waals surface area contributed by atoms with Crippen molar-refractivity contribution in [2.24, 2.45) is 11.3 Å². The summed E-state index contributed by atoms with van der Waals surface area (Å²) in [5.74, 6) is -0.389. The molecular weight excluding hydrogens is 530 g/mol. The summed E-state index contributed by atoms with van der Waals surface area (Å²) in [5, 5.41) is 3.14. The lowest BCUT2D eigenvalue weighted by atomic mass is 9.84. The molecule has 0 aliphatic carbocycles. The van der Waals surface area contributed by atoms with Crippen molar-refractivity contribution in [3.05, 3.63) is 23.8 Å². The topological polar surface area (TPSA) is 93.3 Å². The normalized spacial score (nSPS) is 23.5. The van der Waals surface area contributed by atoms with Crippen molar-refractivity contribution in [3.63, 3.8) is 0 Å². The molecule has 0 aromatic heterocycles. The van der Waals surface area contributed by atoms with Gasteiger partial charge in [-0.2, -0.15) is 0 Å². The Kier molecular flexibility index (Phi) is 11.4. The monoisotopic (exact) mass is 585 g/mol. The van der Waals surface area contributed by atoms with E-state index in [4.69, 9.17) is 0 Å². The molecule has 42 heavy (non-hydrogen) atoms. The third-order valence-corrected chi connectivity index (χ3v) is 9.07. The summed E-state index contributed by atoms with van der Waals surface area (Å²) in [6.07, 6.45) is 10.2. The minimum Gasteiger partial charge on any atom is -0.342 e. The van der Waals surface area contributed by atoms with Gasteiger partial charge in [-0.1, -0.05) is 59.3 Å². The van der Waals surface area contributed by atoms with Crippen molar-refractivity contribution < 1.29 is 19.2 Å². The number of likely N-dealkylation sites (tertiary alicyclic amines) is 2. The van der Waals surface area contributed by atoms with Gasteiger partial charge in [-0.25, -0.2) is 0 Å². The standard InChI is InChI=1S/C33H55N5O4/c1-22(2)27(21-24(5)30(40)38-20-14-16-26(38)31(41)36-17-12-13-18-36)35(9)32(42)28(33(6,7)8)34-29(39)25-15-10-11-19-37(25)23(3)4/h12-13,21-23,25-28H,10-11,14-20H2,1-9H3,(H,34,39)/b24-21+/t25?,26?,27-,28?/m1/s1. The van der Waals surface area contributed by atoms with Gasteiger partial charge >= 0.3 is 0 Å². The first kappa shape index (κ1) is 33.8. The Balaban J connectivity index is 1.78. The smallest absolute Gasteiger partial charge is 0.249 e. The Bertz CT molecular complexity index is 1050. The van der Waals surface area contributed by atoms with Crippen LogP contribution in [0, 0.1) is 11.3 Å². The van der Waals surface area contributed by atoms with E-state index in [1.54, 1.807) is 28.7 Å². The number of amides is 4. The number of nitrogens with zero attached hydrogens (tertiary/aromatic N) is 4. The molecule has 4 amide bonds. The van der Waals surface area contributed by atoms with Crippen LogP contribution in [-0.4, -0.2) is 107 Å². The zero-order valence-electron chi connectivity index (χ0n) is 27.5. The lowest BCUT2D eigenvalue weighted by molar-refractivity contribution is -0.142. The molecule has 0 spiro atoms. The highest BCUT2D eigenvalue weighted by atomic mass is 16.2. The molecule has 2 fully saturated rings. The molecule has 3 heterocycles. The maximum absolute atomic E-state index is 14.1. The summed E-state index contributed by atoms with van der Waals surface area (Å²) in [6, 6.07) is -1.50. The molecule has 9 heteroatoms. The van der Waals surface area contributed by atoms with E-state index < -0.39 is 17.5 Å². The highest BCUT2D eigenvalue weighted by molar-refractivity contribution is 5.97. The minimum absolute atomic E-state index is 0.00381. The van der Waals surface area contributed by atoms with Gasteiger partial charge in [-0.05, 0) is 64.3 Å². The molecule has 0 radical (unpaired) electrons. The zero-order chi connectivity index (χ0) is 31.4. The number of likely N-dealkylation sites (N-methyl/N-ethyl adjacent to an activating group) is 1. The molecule has 3 aliphatic heterocycles. The predicted molar refractivity (Wildman–Crippen MR) is 166 cm³/mol. The third-order valence-electron chi connectivity index (χ3n) is 9.07. The number of carbonyl (C=O) groups is 4. The molecule has 2 saturated heterocycles. The number of rotatable bonds is 9. The lowest BCUT2D eigenvalue weighted by Gasteiger charge is -2.41. The van der Waals surface area contributed by atoms with E-state index in [-0.39, 0.29) is 47.7 Å². The second kappa shape index (κ2) is 14.2. The predicted octanol–water partition coefficient (Wildman–Crippen LogP) is 3.60. The molecule has 236 valence electrons. The van der Waals surface area contributed by atoms with Crippen LogP contribution in [0.5, 0.6) is 0 Å². The Hall–Kier alpha value is -2.68. The SMILES string of the molecule is C/C(=C\[C@H](C(C)C)N(C)C(=O)C(NC(=O)C1CCCCN1C(C)C)C(C)(C)C)C(=O)N1CCCC1C(=O)N1CC=CC1. The van der Waals surface area contributed by atoms with Crippen LogP contribution in [0.2, 0.25) is 0 Å². The summed E-state index contributed by atoms with van der Waals surface area (Å²) in [5.41, 5.74) is 0.0147. The van der Waals surface area contributed by atoms with Crippen LogP contribution in [-0.2, 0) is 19.2 Å². The average Bonchev–Trinajstić information content (AvgIpc) is 3.65. The summed E-state index contributed by atoms with van der Waals surface area (Å²) in [4.78, 5) is 61.8. The van der Waals surface area contributed by atoms with Gasteiger partial charge in [0.1, 0.15) is 12.1 Å². The van der Waals surface area contributed by atoms with Crippen molar-refractivity contribution >= 4 is 23.6 Å². The van der Waals surface area contributed by atoms with E-state index in [0.29, 0.717) is 31.6 Å². The van der Waals surface area contributed by atoms with Gasteiger partial charge < -0.3 is 20.0 Å². The second-order valence-corrected chi connectivity index (χ2v) is 14.1. The van der Waals surface area contributed by atoms with Crippen molar-refractivity contribution in [3.8, 4) is 0 Å². The summed E-state index contributed by atoms with van der Waals surface area (Å²) >= 11 is 0. The minimum atomic E-state index is -0.716. The van der Waals surface area contributed by atoms with E-state index in [1.165, 1.54) is 0 Å². The maximum Gasteiger partial charge on any atom is 0.249 e. The molecule has 9 nitrogen and oxygen atoms in total. The Morgan fingerprint density at radius 1 is 0.929 bits per heavy atom. The fraction of sp³-hybridized carbons (Fsp3) is 0.758. The number of hydrogen-bond acceptors (Lipinski definition) is 5. The van der Waals surface area contributed by atoms with Gasteiger partial charge in [0.25, 0.3) is 0 Å². The Labute approximate surface area is 253 Å². The van der Waals surface area contributed by atoms with Gasteiger partial charge in [0.05, 0.1) is 12.1 Å². The fourth-order valence-electron chi connectivity index (χ4n) is 6.53. The summed E-state index contributed by atoms with van der Waals surface area (Å²) in [7, 11) is 1.76. The van der Waals surface area contributed by atoms with Crippen LogP contribution in [0.1, 0.15) is 87.5 Å². The molecule has 3 aliphatic rings. The summed E-state index contributed by atoms with van der Waals surface area (Å²) in [6.45, 7) is 18.6. The third kappa shape index (κ3) is 7.82. The molecule has 0 aromatic carbocycles. The summed E-state index contributed by atoms with van der Waals surface area (Å²) < 4.78 is 0. The molecular formula is C33H55N5O4.